The van der Waals surface area contributed by atoms with Gasteiger partial charge in [0.15, 0.2) is 5.82 Å². The molecule has 0 aliphatic carbocycles. The number of hydrogen-bond donors (Lipinski definition) is 0. The number of fused-ring (bicyclic) bond motifs is 1. The topological polar surface area (TPSA) is 27.1 Å². The van der Waals surface area contributed by atoms with Crippen LogP contribution >= 0.6 is 0 Å². The predicted molar refractivity (Wildman–Crippen MR) is 61.6 cm³/mol. The Bertz CT molecular complexity index is 473. The second-order valence-corrected chi connectivity index (χ2v) is 3.29. The number of imidazole rings is 1. The van der Waals surface area contributed by atoms with Crippen LogP contribution in [0.5, 0.6) is 0 Å². The highest BCUT2D eigenvalue weighted by molar-refractivity contribution is 5.77. The van der Waals surface area contributed by atoms with Crippen molar-refractivity contribution in [2.45, 2.75) is 13.3 Å². The van der Waals surface area contributed by atoms with Crippen LogP contribution in [0.25, 0.3) is 17.1 Å². The van der Waals surface area contributed by atoms with Gasteiger partial charge in [-0.3, -0.25) is 0 Å². The Morgan fingerprint density at radius 2 is 2.27 bits per heavy atom. The van der Waals surface area contributed by atoms with Crippen molar-refractivity contribution in [1.82, 2.24) is 9.71 Å². The lowest BCUT2D eigenvalue weighted by atomic mass is 10.3. The van der Waals surface area contributed by atoms with Crippen molar-refractivity contribution in [2.24, 2.45) is 0 Å². The summed E-state index contributed by atoms with van der Waals surface area (Å²) in [6.45, 7) is 6.49. The van der Waals surface area contributed by atoms with E-state index in [4.69, 9.17) is 4.84 Å². The fourth-order valence-corrected chi connectivity index (χ4v) is 1.47. The van der Waals surface area contributed by atoms with E-state index in [-0.39, 0.29) is 0 Å². The molecule has 0 radical (unpaired) electrons. The molecule has 0 unspecified atom stereocenters. The molecular weight excluding hydrogens is 188 g/mol. The van der Waals surface area contributed by atoms with Crippen molar-refractivity contribution < 1.29 is 4.84 Å². The summed E-state index contributed by atoms with van der Waals surface area (Å²) in [5.74, 6) is 0.754. The third-order valence-electron chi connectivity index (χ3n) is 2.15. The molecule has 0 fully saturated rings. The molecule has 78 valence electrons. The predicted octanol–water partition coefficient (Wildman–Crippen LogP) is 2.52. The molecule has 3 nitrogen and oxygen atoms in total. The molecule has 1 aromatic carbocycles. The van der Waals surface area contributed by atoms with Crippen LogP contribution < -0.4 is 4.84 Å². The smallest absolute Gasteiger partial charge is 0.168 e. The molecule has 1 aromatic heterocycles. The highest BCUT2D eigenvalue weighted by atomic mass is 16.7. The number of hydrogen-bond acceptors (Lipinski definition) is 2. The van der Waals surface area contributed by atoms with Gasteiger partial charge in [-0.2, -0.15) is 4.73 Å². The maximum absolute atomic E-state index is 5.61. The van der Waals surface area contributed by atoms with Gasteiger partial charge in [0.1, 0.15) is 12.1 Å². The highest BCUT2D eigenvalue weighted by Gasteiger charge is 2.07. The van der Waals surface area contributed by atoms with E-state index < -0.39 is 0 Å². The summed E-state index contributed by atoms with van der Waals surface area (Å²) in [5, 5.41) is 0. The zero-order valence-corrected chi connectivity index (χ0v) is 8.81. The largest absolute Gasteiger partial charge is 0.412 e. The number of rotatable bonds is 4. The van der Waals surface area contributed by atoms with Gasteiger partial charge >= 0.3 is 0 Å². The summed E-state index contributed by atoms with van der Waals surface area (Å²) in [4.78, 5) is 10.0. The Morgan fingerprint density at radius 3 is 3.00 bits per heavy atom. The molecule has 2 rings (SSSR count). The zero-order valence-electron chi connectivity index (χ0n) is 8.81. The molecule has 0 N–H and O–H groups in total. The van der Waals surface area contributed by atoms with Gasteiger partial charge in [0.2, 0.25) is 0 Å². The summed E-state index contributed by atoms with van der Waals surface area (Å²) in [6.07, 6.45) is 2.68. The summed E-state index contributed by atoms with van der Waals surface area (Å²) in [7, 11) is 0. The van der Waals surface area contributed by atoms with E-state index in [9.17, 15) is 0 Å². The first-order valence-electron chi connectivity index (χ1n) is 5.10. The standard InChI is InChI=1S/C12H14N2O/c1-3-9-15-14-11-8-6-5-7-10(11)13-12(14)4-2/h4-8H,2-3,9H2,1H3. The molecule has 0 amide bonds. The van der Waals surface area contributed by atoms with Crippen molar-refractivity contribution >= 4 is 17.1 Å². The van der Waals surface area contributed by atoms with Gasteiger partial charge in [-0.25, -0.2) is 4.98 Å². The number of benzene rings is 1. The van der Waals surface area contributed by atoms with E-state index in [1.54, 1.807) is 10.8 Å². The third kappa shape index (κ3) is 1.73. The molecule has 0 saturated heterocycles. The first-order chi connectivity index (χ1) is 7.36. The molecule has 3 heteroatoms. The number of para-hydroxylation sites is 2. The Hall–Kier alpha value is -1.77. The van der Waals surface area contributed by atoms with Gasteiger partial charge in [-0.05, 0) is 24.6 Å². The molecule has 15 heavy (non-hydrogen) atoms. The minimum Gasteiger partial charge on any atom is -0.412 e. The first kappa shape index (κ1) is 9.77. The van der Waals surface area contributed by atoms with Crippen LogP contribution in [-0.4, -0.2) is 16.3 Å². The lowest BCUT2D eigenvalue weighted by molar-refractivity contribution is 0.118. The van der Waals surface area contributed by atoms with Gasteiger partial charge in [0, 0.05) is 0 Å². The van der Waals surface area contributed by atoms with Crippen LogP contribution in [0, 0.1) is 0 Å². The van der Waals surface area contributed by atoms with Gasteiger partial charge in [0.05, 0.1) is 5.52 Å². The normalized spacial score (nSPS) is 10.5. The fourth-order valence-electron chi connectivity index (χ4n) is 1.47. The molecule has 0 saturated carbocycles. The Labute approximate surface area is 89.0 Å². The molecule has 0 aliphatic heterocycles. The lowest BCUT2D eigenvalue weighted by Crippen LogP contribution is -2.13. The van der Waals surface area contributed by atoms with Crippen LogP contribution in [0.2, 0.25) is 0 Å². The second kappa shape index (κ2) is 4.17. The molecule has 0 spiro atoms. The fraction of sp³-hybridized carbons (Fsp3) is 0.250. The van der Waals surface area contributed by atoms with E-state index in [0.29, 0.717) is 6.61 Å². The SMILES string of the molecule is C=Cc1nc2ccccc2n1OCCC. The van der Waals surface area contributed by atoms with Gasteiger partial charge in [-0.1, -0.05) is 25.6 Å². The second-order valence-electron chi connectivity index (χ2n) is 3.29. The molecule has 0 atom stereocenters. The monoisotopic (exact) mass is 202 g/mol. The van der Waals surface area contributed by atoms with E-state index in [1.807, 2.05) is 24.3 Å². The Kier molecular flexibility index (Phi) is 2.72. The van der Waals surface area contributed by atoms with Crippen LogP contribution in [0.1, 0.15) is 19.2 Å². The first-order valence-corrected chi connectivity index (χ1v) is 5.10. The van der Waals surface area contributed by atoms with Crippen molar-refractivity contribution in [2.75, 3.05) is 6.61 Å². The third-order valence-corrected chi connectivity index (χ3v) is 2.15. The van der Waals surface area contributed by atoms with E-state index >= 15 is 0 Å². The van der Waals surface area contributed by atoms with E-state index in [0.717, 1.165) is 23.3 Å². The maximum atomic E-state index is 5.61. The summed E-state index contributed by atoms with van der Waals surface area (Å²) >= 11 is 0. The van der Waals surface area contributed by atoms with Crippen molar-refractivity contribution in [3.8, 4) is 0 Å². The van der Waals surface area contributed by atoms with Crippen LogP contribution in [0.3, 0.4) is 0 Å². The van der Waals surface area contributed by atoms with Gasteiger partial charge in [0.25, 0.3) is 0 Å². The van der Waals surface area contributed by atoms with Crippen LogP contribution in [0.4, 0.5) is 0 Å². The maximum Gasteiger partial charge on any atom is 0.168 e. The molecule has 0 aliphatic rings. The average Bonchev–Trinajstić information content (AvgIpc) is 2.64. The van der Waals surface area contributed by atoms with Gasteiger partial charge < -0.3 is 4.84 Å². The summed E-state index contributed by atoms with van der Waals surface area (Å²) < 4.78 is 1.74. The van der Waals surface area contributed by atoms with Crippen molar-refractivity contribution in [3.63, 3.8) is 0 Å². The number of aromatic nitrogens is 2. The quantitative estimate of drug-likeness (QED) is 0.761. The Balaban J connectivity index is 2.51. The zero-order chi connectivity index (χ0) is 10.7. The van der Waals surface area contributed by atoms with Crippen LogP contribution in [0.15, 0.2) is 30.8 Å². The minimum absolute atomic E-state index is 0.682. The van der Waals surface area contributed by atoms with E-state index in [1.165, 1.54) is 0 Å². The summed E-state index contributed by atoms with van der Waals surface area (Å²) in [6, 6.07) is 7.90. The van der Waals surface area contributed by atoms with Gasteiger partial charge in [-0.15, -0.1) is 0 Å². The minimum atomic E-state index is 0.682. The Morgan fingerprint density at radius 1 is 1.47 bits per heavy atom. The van der Waals surface area contributed by atoms with Crippen molar-refractivity contribution in [3.05, 3.63) is 36.7 Å². The van der Waals surface area contributed by atoms with Crippen molar-refractivity contribution in [1.29, 1.82) is 0 Å². The molecule has 1 heterocycles. The molecule has 0 bridgehead atoms. The van der Waals surface area contributed by atoms with E-state index in [2.05, 4.69) is 18.5 Å². The highest BCUT2D eigenvalue weighted by Crippen LogP contribution is 2.15. The molecular formula is C12H14N2O. The van der Waals surface area contributed by atoms with Crippen LogP contribution in [-0.2, 0) is 0 Å². The number of nitrogens with zero attached hydrogens (tertiary/aromatic N) is 2. The lowest BCUT2D eigenvalue weighted by Gasteiger charge is -2.07. The average molecular weight is 202 g/mol. The summed E-state index contributed by atoms with van der Waals surface area (Å²) in [5.41, 5.74) is 1.92. The molecule has 2 aromatic rings.